The maximum absolute atomic E-state index is 5.40. The lowest BCUT2D eigenvalue weighted by Gasteiger charge is -2.07. The second-order valence-electron chi connectivity index (χ2n) is 2.42. The van der Waals surface area contributed by atoms with Crippen molar-refractivity contribution in [3.63, 3.8) is 0 Å². The second kappa shape index (κ2) is 6.78. The first-order valence-electron chi connectivity index (χ1n) is 3.89. The molecule has 0 bridgehead atoms. The van der Waals surface area contributed by atoms with Crippen LogP contribution in [0.3, 0.4) is 0 Å². The van der Waals surface area contributed by atoms with Gasteiger partial charge in [-0.3, -0.25) is 0 Å². The molecular formula is C8H18N2. The van der Waals surface area contributed by atoms with E-state index in [0.717, 1.165) is 13.0 Å². The second-order valence-corrected chi connectivity index (χ2v) is 2.42. The molecule has 0 heterocycles. The fraction of sp³-hybridized carbons (Fsp3) is 0.750. The monoisotopic (exact) mass is 142 g/mol. The Morgan fingerprint density at radius 1 is 1.50 bits per heavy atom. The van der Waals surface area contributed by atoms with Crippen molar-refractivity contribution < 1.29 is 0 Å². The summed E-state index contributed by atoms with van der Waals surface area (Å²) in [5, 5.41) is 3.26. The Balaban J connectivity index is 3.10. The number of rotatable bonds is 5. The van der Waals surface area contributed by atoms with E-state index in [9.17, 15) is 0 Å². The summed E-state index contributed by atoms with van der Waals surface area (Å²) >= 11 is 0. The molecule has 0 aromatic rings. The minimum absolute atomic E-state index is 0.432. The van der Waals surface area contributed by atoms with E-state index in [0.29, 0.717) is 12.6 Å². The Hall–Kier alpha value is -0.340. The van der Waals surface area contributed by atoms with Crippen LogP contribution in [-0.4, -0.2) is 19.1 Å². The number of nitrogens with two attached hydrogens (primary N) is 1. The van der Waals surface area contributed by atoms with Gasteiger partial charge in [0.25, 0.3) is 0 Å². The predicted molar refractivity (Wildman–Crippen MR) is 46.0 cm³/mol. The van der Waals surface area contributed by atoms with Crippen LogP contribution in [0.2, 0.25) is 0 Å². The molecule has 0 aliphatic rings. The van der Waals surface area contributed by atoms with Crippen LogP contribution in [0, 0.1) is 0 Å². The first kappa shape index (κ1) is 9.66. The molecule has 0 amide bonds. The van der Waals surface area contributed by atoms with Gasteiger partial charge in [-0.1, -0.05) is 19.1 Å². The van der Waals surface area contributed by atoms with E-state index < -0.39 is 0 Å². The van der Waals surface area contributed by atoms with E-state index in [1.165, 1.54) is 0 Å². The topological polar surface area (TPSA) is 38.0 Å². The van der Waals surface area contributed by atoms with Crippen molar-refractivity contribution in [3.8, 4) is 0 Å². The summed E-state index contributed by atoms with van der Waals surface area (Å²) in [6.07, 6.45) is 5.39. The van der Waals surface area contributed by atoms with Gasteiger partial charge in [0.05, 0.1) is 0 Å². The fourth-order valence-corrected chi connectivity index (χ4v) is 0.603. The van der Waals surface area contributed by atoms with Gasteiger partial charge in [0.2, 0.25) is 0 Å². The van der Waals surface area contributed by atoms with Gasteiger partial charge in [0.15, 0.2) is 0 Å². The van der Waals surface area contributed by atoms with Crippen LogP contribution in [-0.2, 0) is 0 Å². The molecule has 2 heteroatoms. The molecule has 0 rings (SSSR count). The quantitative estimate of drug-likeness (QED) is 0.559. The van der Waals surface area contributed by atoms with E-state index in [2.05, 4.69) is 31.3 Å². The Morgan fingerprint density at radius 3 is 2.70 bits per heavy atom. The molecule has 0 aliphatic carbocycles. The molecule has 0 aliphatic heterocycles. The summed E-state index contributed by atoms with van der Waals surface area (Å²) in [4.78, 5) is 0. The van der Waals surface area contributed by atoms with Crippen molar-refractivity contribution in [3.05, 3.63) is 12.2 Å². The van der Waals surface area contributed by atoms with E-state index in [1.807, 2.05) is 0 Å². The van der Waals surface area contributed by atoms with Gasteiger partial charge < -0.3 is 11.1 Å². The number of hydrogen-bond acceptors (Lipinski definition) is 2. The molecule has 1 atom stereocenters. The molecule has 0 aromatic heterocycles. The van der Waals surface area contributed by atoms with E-state index >= 15 is 0 Å². The van der Waals surface area contributed by atoms with E-state index in [4.69, 9.17) is 5.73 Å². The number of nitrogens with one attached hydrogen (secondary N) is 1. The van der Waals surface area contributed by atoms with Gasteiger partial charge in [-0.15, -0.1) is 0 Å². The van der Waals surface area contributed by atoms with Crippen molar-refractivity contribution in [2.45, 2.75) is 26.3 Å². The van der Waals surface area contributed by atoms with Crippen molar-refractivity contribution in [2.24, 2.45) is 5.73 Å². The average Bonchev–Trinajstić information content (AvgIpc) is 1.98. The molecule has 0 saturated heterocycles. The summed E-state index contributed by atoms with van der Waals surface area (Å²) in [7, 11) is 0. The molecule has 10 heavy (non-hydrogen) atoms. The Bertz CT molecular complexity index is 89.3. The molecule has 2 nitrogen and oxygen atoms in total. The van der Waals surface area contributed by atoms with Gasteiger partial charge in [-0.2, -0.15) is 0 Å². The third-order valence-corrected chi connectivity index (χ3v) is 1.34. The zero-order valence-corrected chi connectivity index (χ0v) is 6.93. The highest BCUT2D eigenvalue weighted by Gasteiger charge is 1.91. The lowest BCUT2D eigenvalue weighted by atomic mass is 10.3. The summed E-state index contributed by atoms with van der Waals surface area (Å²) in [5.74, 6) is 0. The largest absolute Gasteiger partial charge is 0.329 e. The molecule has 3 N–H and O–H groups in total. The minimum Gasteiger partial charge on any atom is -0.329 e. The van der Waals surface area contributed by atoms with Crippen LogP contribution in [0.15, 0.2) is 12.2 Å². The van der Waals surface area contributed by atoms with Crippen LogP contribution in [0.1, 0.15) is 20.3 Å². The lowest BCUT2D eigenvalue weighted by Crippen LogP contribution is -2.33. The summed E-state index contributed by atoms with van der Waals surface area (Å²) < 4.78 is 0. The number of hydrogen-bond donors (Lipinski definition) is 2. The smallest absolute Gasteiger partial charge is 0.0164 e. The zero-order chi connectivity index (χ0) is 7.82. The van der Waals surface area contributed by atoms with Crippen LogP contribution in [0.4, 0.5) is 0 Å². The Labute approximate surface area is 63.5 Å². The molecule has 60 valence electrons. The normalized spacial score (nSPS) is 14.3. The Kier molecular flexibility index (Phi) is 6.55. The molecule has 0 fully saturated rings. The fourth-order valence-electron chi connectivity index (χ4n) is 0.603. The zero-order valence-electron chi connectivity index (χ0n) is 6.93. The SMILES string of the molecule is CC/C=C\CNC(C)CN. The van der Waals surface area contributed by atoms with Crippen molar-refractivity contribution in [1.29, 1.82) is 0 Å². The van der Waals surface area contributed by atoms with Gasteiger partial charge in [0.1, 0.15) is 0 Å². The highest BCUT2D eigenvalue weighted by Crippen LogP contribution is 1.79. The van der Waals surface area contributed by atoms with Gasteiger partial charge >= 0.3 is 0 Å². The maximum atomic E-state index is 5.40. The average molecular weight is 142 g/mol. The molecule has 0 aromatic carbocycles. The van der Waals surface area contributed by atoms with Crippen molar-refractivity contribution >= 4 is 0 Å². The van der Waals surface area contributed by atoms with Crippen LogP contribution < -0.4 is 11.1 Å². The third-order valence-electron chi connectivity index (χ3n) is 1.34. The highest BCUT2D eigenvalue weighted by atomic mass is 14.9. The van der Waals surface area contributed by atoms with Gasteiger partial charge in [-0.05, 0) is 13.3 Å². The molecule has 1 unspecified atom stereocenters. The third kappa shape index (κ3) is 5.79. The summed E-state index contributed by atoms with van der Waals surface area (Å²) in [6.45, 7) is 5.86. The van der Waals surface area contributed by atoms with Gasteiger partial charge in [-0.25, -0.2) is 0 Å². The van der Waals surface area contributed by atoms with Crippen molar-refractivity contribution in [2.75, 3.05) is 13.1 Å². The predicted octanol–water partition coefficient (Wildman–Crippen LogP) is 0.889. The highest BCUT2D eigenvalue weighted by molar-refractivity contribution is 4.83. The first-order valence-corrected chi connectivity index (χ1v) is 3.89. The standard InChI is InChI=1S/C8H18N2/c1-3-4-5-6-10-8(2)7-9/h4-5,8,10H,3,6-7,9H2,1-2H3/b5-4-. The molecule has 0 saturated carbocycles. The molecular weight excluding hydrogens is 124 g/mol. The molecule has 0 spiro atoms. The summed E-state index contributed by atoms with van der Waals surface area (Å²) in [6, 6.07) is 0.432. The minimum atomic E-state index is 0.432. The van der Waals surface area contributed by atoms with Crippen molar-refractivity contribution in [1.82, 2.24) is 5.32 Å². The maximum Gasteiger partial charge on any atom is 0.0164 e. The number of allylic oxidation sites excluding steroid dienone is 1. The summed E-state index contributed by atoms with van der Waals surface area (Å²) in [5.41, 5.74) is 5.40. The first-order chi connectivity index (χ1) is 4.81. The van der Waals surface area contributed by atoms with Gasteiger partial charge in [0, 0.05) is 19.1 Å². The van der Waals surface area contributed by atoms with Crippen LogP contribution in [0.5, 0.6) is 0 Å². The van der Waals surface area contributed by atoms with E-state index in [-0.39, 0.29) is 0 Å². The Morgan fingerprint density at radius 2 is 2.20 bits per heavy atom. The molecule has 0 radical (unpaired) electrons. The van der Waals surface area contributed by atoms with Crippen LogP contribution >= 0.6 is 0 Å². The lowest BCUT2D eigenvalue weighted by molar-refractivity contribution is 0.592. The van der Waals surface area contributed by atoms with Crippen LogP contribution in [0.25, 0.3) is 0 Å². The van der Waals surface area contributed by atoms with E-state index in [1.54, 1.807) is 0 Å².